The molecule has 1 aromatic rings. The van der Waals surface area contributed by atoms with Crippen molar-refractivity contribution in [3.63, 3.8) is 0 Å². The van der Waals surface area contributed by atoms with Crippen LogP contribution in [0.1, 0.15) is 19.4 Å². The predicted octanol–water partition coefficient (Wildman–Crippen LogP) is 2.36. The topological polar surface area (TPSA) is 56.0 Å². The van der Waals surface area contributed by atoms with Crippen LogP contribution >= 0.6 is 0 Å². The normalized spacial score (nSPS) is 11.8. The number of nitrogens with zero attached hydrogens (tertiary/aromatic N) is 2. The Kier molecular flexibility index (Phi) is 3.34. The second-order valence-electron chi connectivity index (χ2n) is 3.27. The Morgan fingerprint density at radius 2 is 2.36 bits per heavy atom. The standard InChI is InChI=1S/C10H12N2O2/c1-8(2)10(12(13)14)6-9-4-3-5-11-7-9/h3-8H,1-2H3/b10-6-. The smallest absolute Gasteiger partial charge is 0.249 e. The Morgan fingerprint density at radius 3 is 2.79 bits per heavy atom. The average Bonchev–Trinajstić information content (AvgIpc) is 2.15. The third-order valence-electron chi connectivity index (χ3n) is 1.80. The maximum absolute atomic E-state index is 10.7. The number of rotatable bonds is 3. The molecule has 0 aliphatic rings. The fourth-order valence-corrected chi connectivity index (χ4v) is 1.06. The van der Waals surface area contributed by atoms with Crippen molar-refractivity contribution >= 4 is 6.08 Å². The van der Waals surface area contributed by atoms with Crippen molar-refractivity contribution in [3.8, 4) is 0 Å². The summed E-state index contributed by atoms with van der Waals surface area (Å²) in [6.45, 7) is 3.59. The van der Waals surface area contributed by atoms with Crippen LogP contribution in [0.5, 0.6) is 0 Å². The van der Waals surface area contributed by atoms with E-state index >= 15 is 0 Å². The van der Waals surface area contributed by atoms with E-state index in [2.05, 4.69) is 4.98 Å². The van der Waals surface area contributed by atoms with Crippen molar-refractivity contribution in [2.45, 2.75) is 13.8 Å². The van der Waals surface area contributed by atoms with Crippen LogP contribution in [0.2, 0.25) is 0 Å². The summed E-state index contributed by atoms with van der Waals surface area (Å²) < 4.78 is 0. The van der Waals surface area contributed by atoms with Crippen LogP contribution in [0, 0.1) is 16.0 Å². The van der Waals surface area contributed by atoms with Gasteiger partial charge in [0.2, 0.25) is 5.70 Å². The number of nitro groups is 1. The highest BCUT2D eigenvalue weighted by Gasteiger charge is 2.15. The van der Waals surface area contributed by atoms with Crippen molar-refractivity contribution in [1.29, 1.82) is 0 Å². The van der Waals surface area contributed by atoms with Crippen LogP contribution < -0.4 is 0 Å². The van der Waals surface area contributed by atoms with Crippen molar-refractivity contribution in [2.24, 2.45) is 5.92 Å². The quantitative estimate of drug-likeness (QED) is 0.545. The van der Waals surface area contributed by atoms with E-state index in [0.29, 0.717) is 0 Å². The molecule has 14 heavy (non-hydrogen) atoms. The molecule has 74 valence electrons. The molecular formula is C10H12N2O2. The summed E-state index contributed by atoms with van der Waals surface area (Å²) >= 11 is 0. The summed E-state index contributed by atoms with van der Waals surface area (Å²) in [6, 6.07) is 3.54. The van der Waals surface area contributed by atoms with Gasteiger partial charge in [0, 0.05) is 24.4 Å². The van der Waals surface area contributed by atoms with E-state index in [9.17, 15) is 10.1 Å². The van der Waals surface area contributed by atoms with Crippen LogP contribution in [0.15, 0.2) is 30.2 Å². The summed E-state index contributed by atoms with van der Waals surface area (Å²) in [5.74, 6) is -0.0924. The van der Waals surface area contributed by atoms with Gasteiger partial charge in [-0.05, 0) is 11.6 Å². The minimum absolute atomic E-state index is 0.0924. The molecule has 4 nitrogen and oxygen atoms in total. The molecule has 0 amide bonds. The molecule has 0 saturated heterocycles. The molecule has 0 N–H and O–H groups in total. The molecular weight excluding hydrogens is 180 g/mol. The van der Waals surface area contributed by atoms with Crippen LogP contribution in [0.25, 0.3) is 6.08 Å². The Balaban J connectivity index is 3.00. The van der Waals surface area contributed by atoms with Gasteiger partial charge in [0.1, 0.15) is 0 Å². The maximum Gasteiger partial charge on any atom is 0.249 e. The SMILES string of the molecule is CC(C)/C(=C/c1cccnc1)[N+](=O)[O-]. The van der Waals surface area contributed by atoms with Gasteiger partial charge in [-0.15, -0.1) is 0 Å². The highest BCUT2D eigenvalue weighted by atomic mass is 16.6. The molecule has 0 fully saturated rings. The third kappa shape index (κ3) is 2.65. The molecule has 0 saturated carbocycles. The van der Waals surface area contributed by atoms with Crippen molar-refractivity contribution < 1.29 is 4.92 Å². The van der Waals surface area contributed by atoms with Gasteiger partial charge in [-0.2, -0.15) is 0 Å². The Bertz CT molecular complexity index is 344. The van der Waals surface area contributed by atoms with E-state index in [0.717, 1.165) is 5.56 Å². The van der Waals surface area contributed by atoms with E-state index < -0.39 is 0 Å². The second kappa shape index (κ2) is 4.50. The summed E-state index contributed by atoms with van der Waals surface area (Å²) in [5.41, 5.74) is 0.964. The van der Waals surface area contributed by atoms with E-state index in [1.165, 1.54) is 0 Å². The lowest BCUT2D eigenvalue weighted by Gasteiger charge is -2.01. The van der Waals surface area contributed by atoms with E-state index in [1.807, 2.05) is 0 Å². The van der Waals surface area contributed by atoms with Gasteiger partial charge in [-0.25, -0.2) is 0 Å². The highest BCUT2D eigenvalue weighted by molar-refractivity contribution is 5.49. The fourth-order valence-electron chi connectivity index (χ4n) is 1.06. The first-order valence-electron chi connectivity index (χ1n) is 4.37. The largest absolute Gasteiger partial charge is 0.264 e. The molecule has 1 rings (SSSR count). The van der Waals surface area contributed by atoms with Crippen LogP contribution in [-0.4, -0.2) is 9.91 Å². The molecule has 0 spiro atoms. The molecule has 0 atom stereocenters. The number of aromatic nitrogens is 1. The summed E-state index contributed by atoms with van der Waals surface area (Å²) in [4.78, 5) is 14.2. The molecule has 0 radical (unpaired) electrons. The average molecular weight is 192 g/mol. The first-order chi connectivity index (χ1) is 6.61. The van der Waals surface area contributed by atoms with Gasteiger partial charge >= 0.3 is 0 Å². The zero-order valence-corrected chi connectivity index (χ0v) is 8.18. The zero-order valence-electron chi connectivity index (χ0n) is 8.18. The summed E-state index contributed by atoms with van der Waals surface area (Å²) in [7, 11) is 0. The number of hydrogen-bond donors (Lipinski definition) is 0. The molecule has 1 aromatic heterocycles. The second-order valence-corrected chi connectivity index (χ2v) is 3.27. The van der Waals surface area contributed by atoms with Gasteiger partial charge in [-0.3, -0.25) is 15.1 Å². The highest BCUT2D eigenvalue weighted by Crippen LogP contribution is 2.14. The third-order valence-corrected chi connectivity index (χ3v) is 1.80. The van der Waals surface area contributed by atoms with Crippen LogP contribution in [0.3, 0.4) is 0 Å². The minimum atomic E-state index is -0.350. The van der Waals surface area contributed by atoms with Gasteiger partial charge in [0.25, 0.3) is 0 Å². The summed E-state index contributed by atoms with van der Waals surface area (Å²) in [5, 5.41) is 10.7. The van der Waals surface area contributed by atoms with Gasteiger partial charge < -0.3 is 0 Å². The maximum atomic E-state index is 10.7. The zero-order chi connectivity index (χ0) is 10.6. The Morgan fingerprint density at radius 1 is 1.64 bits per heavy atom. The first-order valence-corrected chi connectivity index (χ1v) is 4.37. The Hall–Kier alpha value is -1.71. The molecule has 0 aromatic carbocycles. The lowest BCUT2D eigenvalue weighted by Crippen LogP contribution is -2.05. The first kappa shape index (κ1) is 10.4. The molecule has 0 aliphatic carbocycles. The predicted molar refractivity (Wildman–Crippen MR) is 54.0 cm³/mol. The van der Waals surface area contributed by atoms with Crippen molar-refractivity contribution in [2.75, 3.05) is 0 Å². The van der Waals surface area contributed by atoms with Crippen LogP contribution in [0.4, 0.5) is 0 Å². The van der Waals surface area contributed by atoms with Crippen molar-refractivity contribution in [3.05, 3.63) is 45.9 Å². The fraction of sp³-hybridized carbons (Fsp3) is 0.300. The molecule has 0 aliphatic heterocycles. The van der Waals surface area contributed by atoms with Gasteiger partial charge in [0.15, 0.2) is 0 Å². The summed E-state index contributed by atoms with van der Waals surface area (Å²) in [6.07, 6.45) is 4.79. The molecule has 0 unspecified atom stereocenters. The number of hydrogen-bond acceptors (Lipinski definition) is 3. The number of allylic oxidation sites excluding steroid dienone is 1. The van der Waals surface area contributed by atoms with E-state index in [-0.39, 0.29) is 16.5 Å². The van der Waals surface area contributed by atoms with Gasteiger partial charge in [-0.1, -0.05) is 19.9 Å². The van der Waals surface area contributed by atoms with Crippen molar-refractivity contribution in [1.82, 2.24) is 4.98 Å². The lowest BCUT2D eigenvalue weighted by molar-refractivity contribution is -0.431. The Labute approximate surface area is 82.4 Å². The monoisotopic (exact) mass is 192 g/mol. The van der Waals surface area contributed by atoms with E-state index in [1.54, 1.807) is 44.4 Å². The molecule has 0 bridgehead atoms. The van der Waals surface area contributed by atoms with Gasteiger partial charge in [0.05, 0.1) is 4.92 Å². The lowest BCUT2D eigenvalue weighted by atomic mass is 10.1. The van der Waals surface area contributed by atoms with E-state index in [4.69, 9.17) is 0 Å². The van der Waals surface area contributed by atoms with Crippen LogP contribution in [-0.2, 0) is 0 Å². The minimum Gasteiger partial charge on any atom is -0.264 e. The molecule has 1 heterocycles. The number of pyridine rings is 1. The molecule has 4 heteroatoms.